The summed E-state index contributed by atoms with van der Waals surface area (Å²) in [6.07, 6.45) is 22.7. The molecule has 0 saturated heterocycles. The monoisotopic (exact) mass is 398 g/mol. The maximum atomic E-state index is 12.3. The van der Waals surface area contributed by atoms with Gasteiger partial charge in [0.1, 0.15) is 0 Å². The maximum absolute atomic E-state index is 12.3. The molecule has 0 spiro atoms. The zero-order valence-corrected chi connectivity index (χ0v) is 18.8. The van der Waals surface area contributed by atoms with Crippen LogP contribution in [0.25, 0.3) is 0 Å². The molecule has 0 amide bonds. The van der Waals surface area contributed by atoms with Crippen molar-refractivity contribution in [2.45, 2.75) is 109 Å². The van der Waals surface area contributed by atoms with E-state index in [0.717, 1.165) is 24.1 Å². The van der Waals surface area contributed by atoms with Gasteiger partial charge in [-0.2, -0.15) is 0 Å². The lowest BCUT2D eigenvalue weighted by Crippen LogP contribution is -2.17. The summed E-state index contributed by atoms with van der Waals surface area (Å²) in [6.45, 7) is 2.28. The van der Waals surface area contributed by atoms with Crippen molar-refractivity contribution in [3.63, 3.8) is 0 Å². The molecule has 0 atom stereocenters. The molecule has 0 aliphatic heterocycles. The minimum atomic E-state index is 0.509. The quantitative estimate of drug-likeness (QED) is 0.345. The van der Waals surface area contributed by atoms with Gasteiger partial charge in [0.05, 0.1) is 6.33 Å². The van der Waals surface area contributed by atoms with Crippen molar-refractivity contribution >= 4 is 0 Å². The van der Waals surface area contributed by atoms with Crippen LogP contribution < -0.4 is 0 Å². The lowest BCUT2D eigenvalue weighted by molar-refractivity contribution is 0.245. The topological polar surface area (TPSA) is 0 Å². The summed E-state index contributed by atoms with van der Waals surface area (Å²) in [5.74, 6) is 3.16. The van der Waals surface area contributed by atoms with E-state index in [-0.39, 0.29) is 0 Å². The highest BCUT2D eigenvalue weighted by atomic mass is 19.1. The average molecular weight is 399 g/mol. The van der Waals surface area contributed by atoms with Crippen LogP contribution in [0.5, 0.6) is 0 Å². The van der Waals surface area contributed by atoms with Gasteiger partial charge in [-0.15, -0.1) is 0 Å². The molecule has 162 valence electrons. The standard InChI is InChI=1S/C28H43F/c1-2-3-4-5-6-23-13-17-27(18-14-23)28-19-15-25(16-20-28)8-7-24-9-11-26(12-10-24)21-22-29/h13-14,17-18,21-22,24-26,28H,2-12,15-16,19-20H2,1H3. The van der Waals surface area contributed by atoms with Gasteiger partial charge in [0, 0.05) is 0 Å². The smallest absolute Gasteiger partial charge is 0.0829 e. The third-order valence-corrected chi connectivity index (χ3v) is 7.84. The number of unbranched alkanes of at least 4 members (excludes halogenated alkanes) is 3. The highest BCUT2D eigenvalue weighted by Crippen LogP contribution is 2.40. The molecule has 0 nitrogen and oxygen atoms in total. The van der Waals surface area contributed by atoms with Crippen molar-refractivity contribution in [3.05, 3.63) is 47.8 Å². The Labute approximate surface area is 179 Å². The Morgan fingerprint density at radius 2 is 1.41 bits per heavy atom. The van der Waals surface area contributed by atoms with Crippen LogP contribution in [0, 0.1) is 17.8 Å². The first-order valence-electron chi connectivity index (χ1n) is 12.6. The molecular formula is C28H43F. The normalized spacial score (nSPS) is 28.1. The van der Waals surface area contributed by atoms with Crippen molar-refractivity contribution < 1.29 is 4.39 Å². The van der Waals surface area contributed by atoms with Crippen molar-refractivity contribution in [2.24, 2.45) is 17.8 Å². The molecular weight excluding hydrogens is 355 g/mol. The van der Waals surface area contributed by atoms with E-state index < -0.39 is 0 Å². The fourth-order valence-corrected chi connectivity index (χ4v) is 5.74. The molecule has 2 fully saturated rings. The molecule has 1 aromatic carbocycles. The van der Waals surface area contributed by atoms with Crippen molar-refractivity contribution in [1.82, 2.24) is 0 Å². The summed E-state index contributed by atoms with van der Waals surface area (Å²) < 4.78 is 12.3. The lowest BCUT2D eigenvalue weighted by atomic mass is 9.74. The number of hydrogen-bond donors (Lipinski definition) is 0. The van der Waals surface area contributed by atoms with E-state index in [1.807, 2.05) is 0 Å². The zero-order valence-electron chi connectivity index (χ0n) is 18.8. The Morgan fingerprint density at radius 3 is 2.00 bits per heavy atom. The first kappa shape index (κ1) is 22.6. The van der Waals surface area contributed by atoms with Gasteiger partial charge < -0.3 is 0 Å². The Morgan fingerprint density at radius 1 is 0.793 bits per heavy atom. The molecule has 0 N–H and O–H groups in total. The molecule has 0 unspecified atom stereocenters. The van der Waals surface area contributed by atoms with Gasteiger partial charge >= 0.3 is 0 Å². The second-order valence-corrected chi connectivity index (χ2v) is 9.95. The van der Waals surface area contributed by atoms with E-state index in [0.29, 0.717) is 5.92 Å². The third-order valence-electron chi connectivity index (χ3n) is 7.84. The van der Waals surface area contributed by atoms with E-state index in [2.05, 4.69) is 31.2 Å². The Balaban J connectivity index is 1.33. The van der Waals surface area contributed by atoms with Crippen LogP contribution in [0.2, 0.25) is 0 Å². The summed E-state index contributed by atoms with van der Waals surface area (Å²) in [5.41, 5.74) is 3.11. The van der Waals surface area contributed by atoms with E-state index in [1.54, 1.807) is 11.6 Å². The lowest BCUT2D eigenvalue weighted by Gasteiger charge is -2.31. The number of aryl methyl sites for hydroxylation is 1. The first-order valence-corrected chi connectivity index (χ1v) is 12.6. The molecule has 2 saturated carbocycles. The first-order chi connectivity index (χ1) is 14.3. The minimum Gasteiger partial charge on any atom is -0.216 e. The van der Waals surface area contributed by atoms with Gasteiger partial charge in [0.25, 0.3) is 0 Å². The van der Waals surface area contributed by atoms with Crippen LogP contribution in [0.4, 0.5) is 4.39 Å². The predicted molar refractivity (Wildman–Crippen MR) is 124 cm³/mol. The molecule has 3 rings (SSSR count). The van der Waals surface area contributed by atoms with E-state index in [1.165, 1.54) is 102 Å². The fraction of sp³-hybridized carbons (Fsp3) is 0.714. The third kappa shape index (κ3) is 7.58. The van der Waals surface area contributed by atoms with Crippen LogP contribution >= 0.6 is 0 Å². The summed E-state index contributed by atoms with van der Waals surface area (Å²) in [4.78, 5) is 0. The highest BCUT2D eigenvalue weighted by molar-refractivity contribution is 5.26. The van der Waals surface area contributed by atoms with Gasteiger partial charge in [-0.1, -0.05) is 69.4 Å². The van der Waals surface area contributed by atoms with Gasteiger partial charge in [0.2, 0.25) is 0 Å². The molecule has 2 aliphatic rings. The summed E-state index contributed by atoms with van der Waals surface area (Å²) >= 11 is 0. The van der Waals surface area contributed by atoms with Crippen LogP contribution in [-0.2, 0) is 6.42 Å². The van der Waals surface area contributed by atoms with Crippen molar-refractivity contribution in [1.29, 1.82) is 0 Å². The largest absolute Gasteiger partial charge is 0.216 e. The summed E-state index contributed by atoms with van der Waals surface area (Å²) in [6, 6.07) is 9.62. The van der Waals surface area contributed by atoms with Crippen molar-refractivity contribution in [3.8, 4) is 0 Å². The second kappa shape index (κ2) is 12.6. The van der Waals surface area contributed by atoms with Gasteiger partial charge in [-0.25, -0.2) is 4.39 Å². The second-order valence-electron chi connectivity index (χ2n) is 9.95. The molecule has 2 aliphatic carbocycles. The highest BCUT2D eigenvalue weighted by Gasteiger charge is 2.24. The molecule has 0 radical (unpaired) electrons. The number of benzene rings is 1. The van der Waals surface area contributed by atoms with Crippen LogP contribution in [-0.4, -0.2) is 0 Å². The average Bonchev–Trinajstić information content (AvgIpc) is 2.77. The Bertz CT molecular complexity index is 571. The summed E-state index contributed by atoms with van der Waals surface area (Å²) in [5, 5.41) is 0. The fourth-order valence-electron chi connectivity index (χ4n) is 5.74. The Hall–Kier alpha value is -1.11. The minimum absolute atomic E-state index is 0.509. The van der Waals surface area contributed by atoms with E-state index in [4.69, 9.17) is 0 Å². The van der Waals surface area contributed by atoms with Crippen LogP contribution in [0.15, 0.2) is 36.7 Å². The maximum Gasteiger partial charge on any atom is 0.0829 e. The molecule has 0 aromatic heterocycles. The van der Waals surface area contributed by atoms with Crippen LogP contribution in [0.3, 0.4) is 0 Å². The predicted octanol–water partition coefficient (Wildman–Crippen LogP) is 9.15. The number of rotatable bonds is 10. The molecule has 1 aromatic rings. The molecule has 1 heteroatoms. The van der Waals surface area contributed by atoms with Gasteiger partial charge in [0.15, 0.2) is 0 Å². The molecule has 29 heavy (non-hydrogen) atoms. The number of allylic oxidation sites excluding steroid dienone is 1. The van der Waals surface area contributed by atoms with E-state index >= 15 is 0 Å². The number of hydrogen-bond acceptors (Lipinski definition) is 0. The summed E-state index contributed by atoms with van der Waals surface area (Å²) in [7, 11) is 0. The van der Waals surface area contributed by atoms with Crippen LogP contribution in [0.1, 0.15) is 114 Å². The van der Waals surface area contributed by atoms with Crippen molar-refractivity contribution in [2.75, 3.05) is 0 Å². The molecule has 0 heterocycles. The number of halogens is 1. The Kier molecular flexibility index (Phi) is 9.77. The zero-order chi connectivity index (χ0) is 20.3. The molecule has 0 bridgehead atoms. The van der Waals surface area contributed by atoms with Gasteiger partial charge in [-0.05, 0) is 99.0 Å². The SMILES string of the molecule is CCCCCCc1ccc(C2CCC(CCC3CCC(C=CF)CC3)CC2)cc1. The van der Waals surface area contributed by atoms with Gasteiger partial charge in [-0.3, -0.25) is 0 Å². The van der Waals surface area contributed by atoms with E-state index in [9.17, 15) is 4.39 Å².